The summed E-state index contributed by atoms with van der Waals surface area (Å²) in [4.78, 5) is 24.8. The molecule has 35 heavy (non-hydrogen) atoms. The normalized spacial score (nSPS) is 11.2. The van der Waals surface area contributed by atoms with Gasteiger partial charge in [-0.3, -0.25) is 9.59 Å². The number of nitrogens with one attached hydrogen (secondary N) is 2. The van der Waals surface area contributed by atoms with Crippen molar-refractivity contribution in [1.82, 2.24) is 9.78 Å². The predicted molar refractivity (Wildman–Crippen MR) is 129 cm³/mol. The molecule has 8 nitrogen and oxygen atoms in total. The van der Waals surface area contributed by atoms with E-state index in [2.05, 4.69) is 15.7 Å². The van der Waals surface area contributed by atoms with Crippen molar-refractivity contribution in [3.63, 3.8) is 0 Å². The zero-order valence-electron chi connectivity index (χ0n) is 19.5. The highest BCUT2D eigenvalue weighted by atomic mass is 19.1. The van der Waals surface area contributed by atoms with Crippen LogP contribution in [0, 0.1) is 5.82 Å². The van der Waals surface area contributed by atoms with Gasteiger partial charge < -0.3 is 19.8 Å². The minimum atomic E-state index is -0.404. The molecule has 0 saturated heterocycles. The summed E-state index contributed by atoms with van der Waals surface area (Å²) in [5.41, 5.74) is 1.60. The van der Waals surface area contributed by atoms with E-state index in [0.29, 0.717) is 22.9 Å². The number of aromatic nitrogens is 2. The summed E-state index contributed by atoms with van der Waals surface area (Å²) in [6, 6.07) is 17.5. The summed E-state index contributed by atoms with van der Waals surface area (Å²) in [7, 11) is 0. The Labute approximate surface area is 201 Å². The molecule has 0 aliphatic carbocycles. The van der Waals surface area contributed by atoms with Crippen LogP contribution in [0.1, 0.15) is 37.0 Å². The zero-order chi connectivity index (χ0) is 25.0. The molecule has 0 unspecified atom stereocenters. The third kappa shape index (κ3) is 5.94. The van der Waals surface area contributed by atoms with Gasteiger partial charge in [0.2, 0.25) is 0 Å². The number of carbonyl (C=O) groups excluding carboxylic acids is 2. The second-order valence-corrected chi connectivity index (χ2v) is 8.85. The van der Waals surface area contributed by atoms with Crippen molar-refractivity contribution in [3.05, 3.63) is 90.3 Å². The van der Waals surface area contributed by atoms with Crippen molar-refractivity contribution < 1.29 is 23.1 Å². The summed E-state index contributed by atoms with van der Waals surface area (Å²) in [5.74, 6) is -0.136. The van der Waals surface area contributed by atoms with Gasteiger partial charge in [-0.15, -0.1) is 0 Å². The summed E-state index contributed by atoms with van der Waals surface area (Å²) in [6.45, 7) is 5.76. The van der Waals surface area contributed by atoms with E-state index >= 15 is 0 Å². The summed E-state index contributed by atoms with van der Waals surface area (Å²) < 4.78 is 25.7. The molecule has 4 aromatic rings. The molecule has 2 aromatic carbocycles. The highest BCUT2D eigenvalue weighted by Gasteiger charge is 2.21. The molecule has 0 bridgehead atoms. The van der Waals surface area contributed by atoms with Gasteiger partial charge in [0.05, 0.1) is 17.6 Å². The molecule has 180 valence electrons. The van der Waals surface area contributed by atoms with E-state index in [4.69, 9.17) is 9.15 Å². The Bertz CT molecular complexity index is 1320. The maximum atomic E-state index is 13.4. The molecule has 0 radical (unpaired) electrons. The third-order valence-corrected chi connectivity index (χ3v) is 5.02. The van der Waals surface area contributed by atoms with Crippen LogP contribution in [0.2, 0.25) is 0 Å². The molecule has 0 aliphatic rings. The Hall–Kier alpha value is -4.40. The number of rotatable bonds is 7. The molecule has 0 spiro atoms. The van der Waals surface area contributed by atoms with Crippen LogP contribution in [0.4, 0.5) is 15.9 Å². The van der Waals surface area contributed by atoms with Crippen molar-refractivity contribution in [2.24, 2.45) is 0 Å². The number of halogens is 1. The first-order chi connectivity index (χ1) is 16.7. The van der Waals surface area contributed by atoms with E-state index in [1.165, 1.54) is 18.4 Å². The van der Waals surface area contributed by atoms with Crippen molar-refractivity contribution in [3.8, 4) is 11.4 Å². The average Bonchev–Trinajstić information content (AvgIpc) is 3.49. The first kappa shape index (κ1) is 23.7. The van der Waals surface area contributed by atoms with E-state index in [-0.39, 0.29) is 23.6 Å². The van der Waals surface area contributed by atoms with Crippen LogP contribution >= 0.6 is 0 Å². The summed E-state index contributed by atoms with van der Waals surface area (Å²) in [6.07, 6.45) is 1.42. The number of carbonyl (C=O) groups is 2. The minimum Gasteiger partial charge on any atom is -0.484 e. The van der Waals surface area contributed by atoms with E-state index in [0.717, 1.165) is 5.69 Å². The van der Waals surface area contributed by atoms with Gasteiger partial charge in [-0.05, 0) is 48.5 Å². The summed E-state index contributed by atoms with van der Waals surface area (Å²) in [5, 5.41) is 10.1. The van der Waals surface area contributed by atoms with Crippen LogP contribution in [0.5, 0.6) is 5.75 Å². The Morgan fingerprint density at radius 2 is 1.80 bits per heavy atom. The van der Waals surface area contributed by atoms with Gasteiger partial charge in [-0.1, -0.05) is 26.8 Å². The number of furan rings is 1. The van der Waals surface area contributed by atoms with Gasteiger partial charge in [-0.2, -0.15) is 5.10 Å². The van der Waals surface area contributed by atoms with Crippen LogP contribution in [0.25, 0.3) is 5.69 Å². The Morgan fingerprint density at radius 1 is 1.03 bits per heavy atom. The monoisotopic (exact) mass is 476 g/mol. The molecule has 0 fully saturated rings. The van der Waals surface area contributed by atoms with Gasteiger partial charge in [0.15, 0.2) is 12.4 Å². The molecule has 0 saturated carbocycles. The van der Waals surface area contributed by atoms with Crippen LogP contribution in [-0.2, 0) is 10.2 Å². The lowest BCUT2D eigenvalue weighted by Gasteiger charge is -2.14. The van der Waals surface area contributed by atoms with Crippen LogP contribution in [0.15, 0.2) is 77.4 Å². The van der Waals surface area contributed by atoms with Crippen molar-refractivity contribution >= 4 is 23.3 Å². The first-order valence-electron chi connectivity index (χ1n) is 10.9. The number of benzene rings is 2. The van der Waals surface area contributed by atoms with Crippen LogP contribution in [-0.4, -0.2) is 28.2 Å². The molecule has 2 amide bonds. The van der Waals surface area contributed by atoms with Crippen molar-refractivity contribution in [2.45, 2.75) is 26.2 Å². The first-order valence-corrected chi connectivity index (χ1v) is 10.9. The molecule has 2 aromatic heterocycles. The van der Waals surface area contributed by atoms with Crippen molar-refractivity contribution in [1.29, 1.82) is 0 Å². The van der Waals surface area contributed by atoms with Gasteiger partial charge in [-0.25, -0.2) is 9.07 Å². The highest BCUT2D eigenvalue weighted by molar-refractivity contribution is 6.02. The smallest absolute Gasteiger partial charge is 0.291 e. The van der Waals surface area contributed by atoms with Gasteiger partial charge in [0, 0.05) is 23.2 Å². The maximum Gasteiger partial charge on any atom is 0.291 e. The molecule has 2 N–H and O–H groups in total. The largest absolute Gasteiger partial charge is 0.484 e. The zero-order valence-corrected chi connectivity index (χ0v) is 19.5. The number of anilines is 2. The second kappa shape index (κ2) is 9.84. The molecule has 2 heterocycles. The van der Waals surface area contributed by atoms with Crippen molar-refractivity contribution in [2.75, 3.05) is 17.2 Å². The molecule has 0 atom stereocenters. The lowest BCUT2D eigenvalue weighted by Crippen LogP contribution is -2.22. The summed E-state index contributed by atoms with van der Waals surface area (Å²) >= 11 is 0. The number of amides is 2. The molecular weight excluding hydrogens is 451 g/mol. The number of nitrogens with zero attached hydrogens (tertiary/aromatic N) is 2. The predicted octanol–water partition coefficient (Wildman–Crippen LogP) is 5.17. The molecular formula is C26H25FN4O4. The number of hydrogen-bond acceptors (Lipinski definition) is 5. The van der Waals surface area contributed by atoms with Gasteiger partial charge in [0.25, 0.3) is 11.8 Å². The second-order valence-electron chi connectivity index (χ2n) is 8.85. The number of ether oxygens (including phenoxy) is 1. The van der Waals surface area contributed by atoms with Gasteiger partial charge >= 0.3 is 0 Å². The lowest BCUT2D eigenvalue weighted by molar-refractivity contribution is -0.118. The SMILES string of the molecule is CC(C)(C)c1cc(NC(=O)COc2cccc(NC(=O)c3ccco3)c2)n(-c2ccc(F)cc2)n1. The quantitative estimate of drug-likeness (QED) is 0.383. The Balaban J connectivity index is 1.44. The van der Waals surface area contributed by atoms with E-state index < -0.39 is 11.8 Å². The lowest BCUT2D eigenvalue weighted by atomic mass is 9.92. The molecule has 4 rings (SSSR count). The van der Waals surface area contributed by atoms with Gasteiger partial charge in [0.1, 0.15) is 17.4 Å². The fourth-order valence-corrected chi connectivity index (χ4v) is 3.21. The average molecular weight is 477 g/mol. The minimum absolute atomic E-state index is 0.183. The fourth-order valence-electron chi connectivity index (χ4n) is 3.21. The van der Waals surface area contributed by atoms with E-state index in [9.17, 15) is 14.0 Å². The maximum absolute atomic E-state index is 13.4. The Morgan fingerprint density at radius 3 is 2.49 bits per heavy atom. The van der Waals surface area contributed by atoms with Crippen LogP contribution in [0.3, 0.4) is 0 Å². The Kier molecular flexibility index (Phi) is 6.68. The standard InChI is InChI=1S/C26H25FN4O4/c1-26(2,3)22-15-23(31(30-22)19-11-9-17(27)10-12-19)29-24(32)16-35-20-7-4-6-18(14-20)28-25(33)21-8-5-13-34-21/h4-15H,16H2,1-3H3,(H,28,33)(H,29,32). The van der Waals surface area contributed by atoms with E-state index in [1.54, 1.807) is 59.3 Å². The third-order valence-electron chi connectivity index (χ3n) is 5.02. The van der Waals surface area contributed by atoms with E-state index in [1.807, 2.05) is 20.8 Å². The molecule has 0 aliphatic heterocycles. The number of hydrogen-bond donors (Lipinski definition) is 2. The fraction of sp³-hybridized carbons (Fsp3) is 0.192. The topological polar surface area (TPSA) is 98.4 Å². The molecule has 9 heteroatoms. The highest BCUT2D eigenvalue weighted by Crippen LogP contribution is 2.26. The van der Waals surface area contributed by atoms with Crippen LogP contribution < -0.4 is 15.4 Å².